The molecule has 0 radical (unpaired) electrons. The van der Waals surface area contributed by atoms with E-state index in [4.69, 9.17) is 24.1 Å². The van der Waals surface area contributed by atoms with Crippen molar-refractivity contribution in [2.24, 2.45) is 0 Å². The van der Waals surface area contributed by atoms with Gasteiger partial charge < -0.3 is 54.7 Å². The first-order chi connectivity index (χ1) is 15.2. The lowest BCUT2D eigenvalue weighted by molar-refractivity contribution is -0.290. The zero-order valence-corrected chi connectivity index (χ0v) is 17.7. The number of aryl methyl sites for hydroxylation is 1. The number of aliphatic hydroxyl groups excluding tert-OH is 7. The molecule has 0 bridgehead atoms. The average Bonchev–Trinajstić information content (AvgIpc) is 3.06. The van der Waals surface area contributed by atoms with Gasteiger partial charge in [-0.2, -0.15) is 0 Å². The molecule has 1 aromatic rings. The monoisotopic (exact) mass is 460 g/mol. The molecule has 2 heterocycles. The SMILES string of the molecule is CC(O)CCc1ccc(OC2OC(COC3OC(CO)C(O)C3O)C(O)C(O)C2O)cc1. The fraction of sp³-hybridized carbons (Fsp3) is 0.714. The van der Waals surface area contributed by atoms with Crippen LogP contribution in [0.2, 0.25) is 0 Å². The van der Waals surface area contributed by atoms with E-state index in [-0.39, 0.29) is 6.61 Å². The van der Waals surface area contributed by atoms with Gasteiger partial charge in [-0.05, 0) is 37.5 Å². The third-order valence-electron chi connectivity index (χ3n) is 5.62. The van der Waals surface area contributed by atoms with Gasteiger partial charge in [0.05, 0.1) is 19.3 Å². The van der Waals surface area contributed by atoms with Gasteiger partial charge >= 0.3 is 0 Å². The molecule has 182 valence electrons. The van der Waals surface area contributed by atoms with E-state index in [2.05, 4.69) is 0 Å². The predicted octanol–water partition coefficient (Wildman–Crippen LogP) is -2.36. The van der Waals surface area contributed by atoms with Crippen LogP contribution in [0.25, 0.3) is 0 Å². The van der Waals surface area contributed by atoms with Crippen molar-refractivity contribution in [3.63, 3.8) is 0 Å². The van der Waals surface area contributed by atoms with E-state index < -0.39 is 68.0 Å². The maximum atomic E-state index is 10.3. The minimum absolute atomic E-state index is 0.352. The second-order valence-electron chi connectivity index (χ2n) is 8.20. The summed E-state index contributed by atoms with van der Waals surface area (Å²) in [5.74, 6) is 0.363. The number of rotatable bonds is 9. The van der Waals surface area contributed by atoms with Crippen LogP contribution in [0.5, 0.6) is 5.75 Å². The van der Waals surface area contributed by atoms with E-state index in [1.165, 1.54) is 0 Å². The Morgan fingerprint density at radius 1 is 0.844 bits per heavy atom. The van der Waals surface area contributed by atoms with Gasteiger partial charge in [-0.15, -0.1) is 0 Å². The number of benzene rings is 1. The quantitative estimate of drug-likeness (QED) is 0.210. The summed E-state index contributed by atoms with van der Waals surface area (Å²) in [4.78, 5) is 0. The lowest BCUT2D eigenvalue weighted by Crippen LogP contribution is -2.60. The highest BCUT2D eigenvalue weighted by Gasteiger charge is 2.47. The van der Waals surface area contributed by atoms with Crippen LogP contribution in [0.15, 0.2) is 24.3 Å². The fourth-order valence-corrected chi connectivity index (χ4v) is 3.59. The van der Waals surface area contributed by atoms with E-state index in [0.29, 0.717) is 18.6 Å². The van der Waals surface area contributed by atoms with E-state index in [9.17, 15) is 30.6 Å². The molecule has 10 atom stereocenters. The van der Waals surface area contributed by atoms with Gasteiger partial charge in [0, 0.05) is 0 Å². The molecule has 0 aliphatic carbocycles. The Kier molecular flexibility index (Phi) is 8.81. The van der Waals surface area contributed by atoms with Crippen molar-refractivity contribution in [2.75, 3.05) is 13.2 Å². The van der Waals surface area contributed by atoms with Gasteiger partial charge in [-0.25, -0.2) is 0 Å². The van der Waals surface area contributed by atoms with Crippen molar-refractivity contribution in [1.29, 1.82) is 0 Å². The zero-order valence-electron chi connectivity index (χ0n) is 17.7. The van der Waals surface area contributed by atoms with Crippen molar-refractivity contribution >= 4 is 0 Å². The number of ether oxygens (including phenoxy) is 4. The van der Waals surface area contributed by atoms with Crippen molar-refractivity contribution in [3.8, 4) is 5.75 Å². The smallest absolute Gasteiger partial charge is 0.229 e. The van der Waals surface area contributed by atoms with Crippen LogP contribution in [0.1, 0.15) is 18.9 Å². The van der Waals surface area contributed by atoms with Crippen LogP contribution in [0.4, 0.5) is 0 Å². The molecule has 2 saturated heterocycles. The average molecular weight is 460 g/mol. The molecule has 2 fully saturated rings. The first kappa shape index (κ1) is 25.2. The summed E-state index contributed by atoms with van der Waals surface area (Å²) in [5.41, 5.74) is 0.989. The lowest BCUT2D eigenvalue weighted by atomic mass is 9.99. The van der Waals surface area contributed by atoms with E-state index in [0.717, 1.165) is 5.56 Å². The van der Waals surface area contributed by atoms with Gasteiger partial charge in [0.25, 0.3) is 0 Å². The summed E-state index contributed by atoms with van der Waals surface area (Å²) in [6.07, 6.45) is -11.2. The van der Waals surface area contributed by atoms with E-state index >= 15 is 0 Å². The summed E-state index contributed by atoms with van der Waals surface area (Å²) in [6, 6.07) is 6.94. The molecule has 0 saturated carbocycles. The third-order valence-corrected chi connectivity index (χ3v) is 5.62. The first-order valence-electron chi connectivity index (χ1n) is 10.6. The highest BCUT2D eigenvalue weighted by Crippen LogP contribution is 2.27. The zero-order chi connectivity index (χ0) is 23.4. The van der Waals surface area contributed by atoms with Crippen molar-refractivity contribution < 1.29 is 54.7 Å². The summed E-state index contributed by atoms with van der Waals surface area (Å²) < 4.78 is 21.8. The molecule has 0 amide bonds. The Morgan fingerprint density at radius 2 is 1.44 bits per heavy atom. The van der Waals surface area contributed by atoms with Crippen molar-refractivity contribution in [3.05, 3.63) is 29.8 Å². The van der Waals surface area contributed by atoms with Crippen LogP contribution in [0, 0.1) is 0 Å². The summed E-state index contributed by atoms with van der Waals surface area (Å²) in [6.45, 7) is 0.848. The van der Waals surface area contributed by atoms with Crippen LogP contribution < -0.4 is 4.74 Å². The van der Waals surface area contributed by atoms with Gasteiger partial charge in [-0.1, -0.05) is 12.1 Å². The van der Waals surface area contributed by atoms with Gasteiger partial charge in [0.2, 0.25) is 6.29 Å². The molecule has 32 heavy (non-hydrogen) atoms. The van der Waals surface area contributed by atoms with Crippen LogP contribution in [-0.4, -0.2) is 110 Å². The topological polar surface area (TPSA) is 179 Å². The van der Waals surface area contributed by atoms with Crippen LogP contribution in [-0.2, 0) is 20.6 Å². The van der Waals surface area contributed by atoms with E-state index in [1.807, 2.05) is 0 Å². The standard InChI is InChI=1S/C21H32O11/c1-10(23)2-3-11-4-6-12(7-5-11)30-21-19(28)17(26)16(25)14(32-21)9-29-20-18(27)15(24)13(8-22)31-20/h4-7,10,13-28H,2-3,8-9H2,1H3. The Morgan fingerprint density at radius 3 is 2.03 bits per heavy atom. The molecule has 0 aromatic heterocycles. The molecule has 0 spiro atoms. The molecule has 10 unspecified atom stereocenters. The largest absolute Gasteiger partial charge is 0.462 e. The highest BCUT2D eigenvalue weighted by atomic mass is 16.7. The van der Waals surface area contributed by atoms with Crippen molar-refractivity contribution in [1.82, 2.24) is 0 Å². The maximum absolute atomic E-state index is 10.3. The van der Waals surface area contributed by atoms with Gasteiger partial charge in [-0.3, -0.25) is 0 Å². The van der Waals surface area contributed by atoms with E-state index in [1.54, 1.807) is 31.2 Å². The Balaban J connectivity index is 1.58. The number of hydrogen-bond donors (Lipinski definition) is 7. The second kappa shape index (κ2) is 11.2. The summed E-state index contributed by atoms with van der Waals surface area (Å²) in [5, 5.41) is 68.9. The molecule has 1 aromatic carbocycles. The molecular formula is C21H32O11. The molecule has 2 aliphatic rings. The third kappa shape index (κ3) is 5.94. The van der Waals surface area contributed by atoms with Gasteiger partial charge in [0.1, 0.15) is 48.5 Å². The molecule has 3 rings (SSSR count). The van der Waals surface area contributed by atoms with Gasteiger partial charge in [0.15, 0.2) is 6.29 Å². The Hall–Kier alpha value is -1.38. The Bertz CT molecular complexity index is 699. The van der Waals surface area contributed by atoms with Crippen LogP contribution >= 0.6 is 0 Å². The minimum Gasteiger partial charge on any atom is -0.462 e. The second-order valence-corrected chi connectivity index (χ2v) is 8.20. The lowest BCUT2D eigenvalue weighted by Gasteiger charge is -2.40. The molecular weight excluding hydrogens is 428 g/mol. The molecule has 7 N–H and O–H groups in total. The Labute approximate surface area is 185 Å². The summed E-state index contributed by atoms with van der Waals surface area (Å²) in [7, 11) is 0. The molecule has 11 heteroatoms. The summed E-state index contributed by atoms with van der Waals surface area (Å²) >= 11 is 0. The predicted molar refractivity (Wildman–Crippen MR) is 107 cm³/mol. The minimum atomic E-state index is -1.59. The maximum Gasteiger partial charge on any atom is 0.229 e. The number of aliphatic hydroxyl groups is 7. The normalized spacial score (nSPS) is 38.6. The highest BCUT2D eigenvalue weighted by molar-refractivity contribution is 5.27. The molecule has 2 aliphatic heterocycles. The van der Waals surface area contributed by atoms with Crippen molar-refractivity contribution in [2.45, 2.75) is 81.2 Å². The fourth-order valence-electron chi connectivity index (χ4n) is 3.59. The molecule has 11 nitrogen and oxygen atoms in total. The van der Waals surface area contributed by atoms with Crippen LogP contribution in [0.3, 0.4) is 0 Å². The number of hydrogen-bond acceptors (Lipinski definition) is 11. The first-order valence-corrected chi connectivity index (χ1v) is 10.6.